The Balaban J connectivity index is 1.71. The summed E-state index contributed by atoms with van der Waals surface area (Å²) in [6.45, 7) is 1.88. The fourth-order valence-corrected chi connectivity index (χ4v) is 3.71. The first-order valence-corrected chi connectivity index (χ1v) is 9.47. The lowest BCUT2D eigenvalue weighted by molar-refractivity contribution is 0.415. The van der Waals surface area contributed by atoms with Gasteiger partial charge in [-0.05, 0) is 42.8 Å². The minimum Gasteiger partial charge on any atom is -0.497 e. The van der Waals surface area contributed by atoms with Gasteiger partial charge < -0.3 is 4.74 Å². The number of ether oxygens (including phenoxy) is 1. The molecule has 154 valence electrons. The van der Waals surface area contributed by atoms with Crippen LogP contribution in [0.4, 0.5) is 8.78 Å². The summed E-state index contributed by atoms with van der Waals surface area (Å²) in [5, 5.41) is 4.90. The van der Waals surface area contributed by atoms with E-state index in [9.17, 15) is 13.6 Å². The van der Waals surface area contributed by atoms with Gasteiger partial charge in [0, 0.05) is 24.0 Å². The van der Waals surface area contributed by atoms with Crippen LogP contribution in [0.3, 0.4) is 0 Å². The summed E-state index contributed by atoms with van der Waals surface area (Å²) in [6.07, 6.45) is 3.00. The first-order chi connectivity index (χ1) is 15.0. The molecule has 31 heavy (non-hydrogen) atoms. The van der Waals surface area contributed by atoms with Gasteiger partial charge in [-0.2, -0.15) is 5.10 Å². The first kappa shape index (κ1) is 18.9. The van der Waals surface area contributed by atoms with Gasteiger partial charge in [0.2, 0.25) is 0 Å². The Hall–Kier alpha value is -4.07. The van der Waals surface area contributed by atoms with Crippen LogP contribution in [-0.2, 0) is 0 Å². The molecular formula is C23H16F2N4O2. The minimum atomic E-state index is -1.02. The number of benzene rings is 2. The first-order valence-electron chi connectivity index (χ1n) is 9.47. The molecule has 0 N–H and O–H groups in total. The Bertz CT molecular complexity index is 1520. The standard InChI is InChI=1S/C23H16F2N4O2/c1-13-21(14-3-6-16(31-2)7-4-14)22-26-12-17-20(29(22)27-13)9-10-28(23(17)30)15-5-8-18(24)19(25)11-15/h3-12H,1-2H3. The Labute approximate surface area is 175 Å². The van der Waals surface area contributed by atoms with Crippen molar-refractivity contribution in [1.29, 1.82) is 0 Å². The smallest absolute Gasteiger partial charge is 0.266 e. The molecular weight excluding hydrogens is 402 g/mol. The third-order valence-electron chi connectivity index (χ3n) is 5.25. The van der Waals surface area contributed by atoms with Crippen molar-refractivity contribution in [1.82, 2.24) is 19.2 Å². The molecule has 0 fully saturated rings. The normalized spacial score (nSPS) is 11.4. The van der Waals surface area contributed by atoms with Crippen molar-refractivity contribution in [3.63, 3.8) is 0 Å². The van der Waals surface area contributed by atoms with Gasteiger partial charge in [0.15, 0.2) is 17.3 Å². The molecule has 0 aliphatic heterocycles. The molecule has 0 aliphatic rings. The molecule has 0 aliphatic carbocycles. The predicted octanol–water partition coefficient (Wildman–Crippen LogP) is 4.30. The fourth-order valence-electron chi connectivity index (χ4n) is 3.71. The van der Waals surface area contributed by atoms with E-state index in [2.05, 4.69) is 10.1 Å². The van der Waals surface area contributed by atoms with Crippen LogP contribution in [0.2, 0.25) is 0 Å². The largest absolute Gasteiger partial charge is 0.497 e. The molecule has 2 aromatic carbocycles. The number of hydrogen-bond donors (Lipinski definition) is 0. The zero-order chi connectivity index (χ0) is 21.7. The van der Waals surface area contributed by atoms with E-state index >= 15 is 0 Å². The van der Waals surface area contributed by atoms with Crippen LogP contribution < -0.4 is 10.3 Å². The third-order valence-corrected chi connectivity index (χ3v) is 5.25. The number of pyridine rings is 1. The van der Waals surface area contributed by atoms with Gasteiger partial charge in [-0.1, -0.05) is 12.1 Å². The van der Waals surface area contributed by atoms with Gasteiger partial charge in [0.1, 0.15) is 5.75 Å². The zero-order valence-corrected chi connectivity index (χ0v) is 16.6. The second-order valence-electron chi connectivity index (χ2n) is 7.07. The number of rotatable bonds is 3. The van der Waals surface area contributed by atoms with E-state index in [1.54, 1.807) is 17.7 Å². The highest BCUT2D eigenvalue weighted by atomic mass is 19.2. The van der Waals surface area contributed by atoms with E-state index < -0.39 is 17.2 Å². The Kier molecular flexibility index (Phi) is 4.28. The molecule has 5 aromatic rings. The topological polar surface area (TPSA) is 61.4 Å². The number of nitrogens with zero attached hydrogens (tertiary/aromatic N) is 4. The van der Waals surface area contributed by atoms with Gasteiger partial charge >= 0.3 is 0 Å². The highest BCUT2D eigenvalue weighted by Gasteiger charge is 2.17. The highest BCUT2D eigenvalue weighted by molar-refractivity contribution is 5.86. The number of aromatic nitrogens is 4. The maximum absolute atomic E-state index is 13.7. The van der Waals surface area contributed by atoms with Gasteiger partial charge in [0.25, 0.3) is 5.56 Å². The number of halogens is 2. The van der Waals surface area contributed by atoms with E-state index in [1.807, 2.05) is 31.2 Å². The molecule has 3 aromatic heterocycles. The molecule has 0 saturated carbocycles. The van der Waals surface area contributed by atoms with Crippen LogP contribution >= 0.6 is 0 Å². The summed E-state index contributed by atoms with van der Waals surface area (Å²) in [6, 6.07) is 12.6. The molecule has 0 spiro atoms. The average Bonchev–Trinajstić information content (AvgIpc) is 3.12. The van der Waals surface area contributed by atoms with E-state index in [0.29, 0.717) is 16.6 Å². The lowest BCUT2D eigenvalue weighted by Crippen LogP contribution is -2.19. The number of hydrogen-bond acceptors (Lipinski definition) is 4. The van der Waals surface area contributed by atoms with Gasteiger partial charge in [-0.3, -0.25) is 9.36 Å². The SMILES string of the molecule is COc1ccc(-c2c(C)nn3c2ncc2c(=O)n(-c4ccc(F)c(F)c4)ccc23)cc1. The summed E-state index contributed by atoms with van der Waals surface area (Å²) in [4.78, 5) is 17.6. The molecule has 0 radical (unpaired) electrons. The van der Waals surface area contributed by atoms with Crippen molar-refractivity contribution >= 4 is 16.6 Å². The van der Waals surface area contributed by atoms with Crippen molar-refractivity contribution in [2.75, 3.05) is 7.11 Å². The Morgan fingerprint density at radius 3 is 2.48 bits per heavy atom. The van der Waals surface area contributed by atoms with Gasteiger partial charge in [0.05, 0.1) is 29.4 Å². The lowest BCUT2D eigenvalue weighted by Gasteiger charge is -2.09. The molecule has 0 bridgehead atoms. The predicted molar refractivity (Wildman–Crippen MR) is 113 cm³/mol. The minimum absolute atomic E-state index is 0.224. The summed E-state index contributed by atoms with van der Waals surface area (Å²) >= 11 is 0. The highest BCUT2D eigenvalue weighted by Crippen LogP contribution is 2.30. The van der Waals surface area contributed by atoms with Crippen molar-refractivity contribution in [2.45, 2.75) is 6.92 Å². The van der Waals surface area contributed by atoms with Crippen LogP contribution in [0.15, 0.2) is 65.7 Å². The molecule has 3 heterocycles. The zero-order valence-electron chi connectivity index (χ0n) is 16.6. The van der Waals surface area contributed by atoms with Crippen LogP contribution in [-0.4, -0.2) is 26.3 Å². The van der Waals surface area contributed by atoms with E-state index in [-0.39, 0.29) is 5.69 Å². The molecule has 0 saturated heterocycles. The summed E-state index contributed by atoms with van der Waals surface area (Å²) < 4.78 is 35.0. The summed E-state index contributed by atoms with van der Waals surface area (Å²) in [7, 11) is 1.61. The van der Waals surface area contributed by atoms with E-state index in [4.69, 9.17) is 4.74 Å². The second-order valence-corrected chi connectivity index (χ2v) is 7.07. The molecule has 5 rings (SSSR count). The fraction of sp³-hybridized carbons (Fsp3) is 0.0870. The second kappa shape index (κ2) is 7.02. The maximum atomic E-state index is 13.7. The monoisotopic (exact) mass is 418 g/mol. The van der Waals surface area contributed by atoms with Crippen molar-refractivity contribution in [3.05, 3.63) is 88.6 Å². The van der Waals surface area contributed by atoms with Crippen molar-refractivity contribution in [2.24, 2.45) is 0 Å². The van der Waals surface area contributed by atoms with Crippen LogP contribution in [0.1, 0.15) is 5.69 Å². The number of fused-ring (bicyclic) bond motifs is 3. The van der Waals surface area contributed by atoms with Crippen LogP contribution in [0.25, 0.3) is 33.4 Å². The quantitative estimate of drug-likeness (QED) is 0.438. The molecule has 6 nitrogen and oxygen atoms in total. The van der Waals surface area contributed by atoms with Crippen LogP contribution in [0, 0.1) is 18.6 Å². The lowest BCUT2D eigenvalue weighted by atomic mass is 10.1. The van der Waals surface area contributed by atoms with Crippen LogP contribution in [0.5, 0.6) is 5.75 Å². The Morgan fingerprint density at radius 1 is 1.00 bits per heavy atom. The molecule has 0 unspecified atom stereocenters. The van der Waals surface area contributed by atoms with Crippen molar-refractivity contribution in [3.8, 4) is 22.6 Å². The van der Waals surface area contributed by atoms with Gasteiger partial charge in [-0.15, -0.1) is 0 Å². The van der Waals surface area contributed by atoms with E-state index in [0.717, 1.165) is 34.7 Å². The Morgan fingerprint density at radius 2 is 1.77 bits per heavy atom. The average molecular weight is 418 g/mol. The number of aryl methyl sites for hydroxylation is 1. The summed E-state index contributed by atoms with van der Waals surface area (Å²) in [5.74, 6) is -1.25. The maximum Gasteiger partial charge on any atom is 0.266 e. The molecule has 0 atom stereocenters. The van der Waals surface area contributed by atoms with E-state index in [1.165, 1.54) is 23.0 Å². The van der Waals surface area contributed by atoms with Gasteiger partial charge in [-0.25, -0.2) is 18.3 Å². The van der Waals surface area contributed by atoms with Crippen molar-refractivity contribution < 1.29 is 13.5 Å². The third kappa shape index (κ3) is 2.95. The molecule has 8 heteroatoms. The number of methoxy groups -OCH3 is 1. The summed E-state index contributed by atoms with van der Waals surface area (Å²) in [5.41, 5.74) is 3.54. The molecule has 0 amide bonds.